The molecule has 0 aliphatic carbocycles. The first-order valence-electron chi connectivity index (χ1n) is 4.57. The van der Waals surface area contributed by atoms with Gasteiger partial charge in [0.2, 0.25) is 0 Å². The van der Waals surface area contributed by atoms with Crippen molar-refractivity contribution in [3.8, 4) is 0 Å². The van der Waals surface area contributed by atoms with Crippen molar-refractivity contribution in [3.05, 3.63) is 0 Å². The highest BCUT2D eigenvalue weighted by molar-refractivity contribution is 7.46. The van der Waals surface area contributed by atoms with Gasteiger partial charge in [-0.3, -0.25) is 4.52 Å². The van der Waals surface area contributed by atoms with Crippen LogP contribution in [0.5, 0.6) is 0 Å². The van der Waals surface area contributed by atoms with Crippen molar-refractivity contribution in [2.75, 3.05) is 26.9 Å². The lowest BCUT2D eigenvalue weighted by Crippen LogP contribution is -2.28. The summed E-state index contributed by atoms with van der Waals surface area (Å²) in [5.41, 5.74) is 0. The minimum absolute atomic E-state index is 0.174. The molecule has 1 unspecified atom stereocenters. The minimum Gasteiger partial charge on any atom is -0.356 e. The van der Waals surface area contributed by atoms with E-state index in [9.17, 15) is 4.57 Å². The van der Waals surface area contributed by atoms with Crippen LogP contribution in [0.1, 0.15) is 6.92 Å². The second kappa shape index (κ2) is 8.10. The van der Waals surface area contributed by atoms with Crippen LogP contribution in [0.25, 0.3) is 0 Å². The molecular weight excluding hydrogens is 241 g/mol. The Balaban J connectivity index is 3.90. The van der Waals surface area contributed by atoms with E-state index in [2.05, 4.69) is 9.36 Å². The summed E-state index contributed by atoms with van der Waals surface area (Å²) in [6.45, 7) is 1.92. The summed E-state index contributed by atoms with van der Waals surface area (Å²) in [7, 11) is -3.04. The van der Waals surface area contributed by atoms with Crippen LogP contribution in [-0.2, 0) is 23.4 Å². The third kappa shape index (κ3) is 8.14. The van der Waals surface area contributed by atoms with Crippen molar-refractivity contribution < 1.29 is 33.2 Å². The zero-order valence-electron chi connectivity index (χ0n) is 9.24. The average Bonchev–Trinajstić information content (AvgIpc) is 2.20. The van der Waals surface area contributed by atoms with Crippen LogP contribution < -0.4 is 5.90 Å². The maximum absolute atomic E-state index is 10.5. The number of methoxy groups -OCH3 is 1. The molecule has 0 radical (unpaired) electrons. The average molecular weight is 259 g/mol. The van der Waals surface area contributed by atoms with Gasteiger partial charge in [0.25, 0.3) is 0 Å². The number of hydrogen-bond acceptors (Lipinski definition) is 6. The molecule has 0 bridgehead atoms. The van der Waals surface area contributed by atoms with E-state index in [1.54, 1.807) is 6.92 Å². The van der Waals surface area contributed by atoms with E-state index in [0.29, 0.717) is 0 Å². The summed E-state index contributed by atoms with van der Waals surface area (Å²) in [4.78, 5) is 21.3. The lowest BCUT2D eigenvalue weighted by molar-refractivity contribution is -0.165. The molecule has 16 heavy (non-hydrogen) atoms. The van der Waals surface area contributed by atoms with Gasteiger partial charge < -0.3 is 24.1 Å². The Hall–Kier alpha value is -0.0500. The van der Waals surface area contributed by atoms with E-state index < -0.39 is 14.1 Å². The molecule has 98 valence electrons. The van der Waals surface area contributed by atoms with E-state index in [0.717, 1.165) is 0 Å². The lowest BCUT2D eigenvalue weighted by Gasteiger charge is -2.22. The van der Waals surface area contributed by atoms with Crippen molar-refractivity contribution in [3.63, 3.8) is 0 Å². The Labute approximate surface area is 93.8 Å². The van der Waals surface area contributed by atoms with Gasteiger partial charge in [-0.05, 0) is 0 Å². The summed E-state index contributed by atoms with van der Waals surface area (Å²) in [5.74, 6) is 4.46. The molecule has 0 aromatic heterocycles. The predicted molar refractivity (Wildman–Crippen MR) is 54.0 cm³/mol. The second-order valence-electron chi connectivity index (χ2n) is 3.11. The van der Waals surface area contributed by atoms with Crippen molar-refractivity contribution >= 4 is 7.82 Å². The van der Waals surface area contributed by atoms with Gasteiger partial charge in [-0.15, -0.1) is 0 Å². The van der Waals surface area contributed by atoms with Crippen LogP contribution in [0.2, 0.25) is 0 Å². The number of phosphoric ester groups is 1. The molecule has 0 rings (SSSR count). The van der Waals surface area contributed by atoms with Crippen molar-refractivity contribution in [2.24, 2.45) is 11.8 Å². The summed E-state index contributed by atoms with van der Waals surface area (Å²) < 4.78 is 25.0. The first-order valence-corrected chi connectivity index (χ1v) is 6.10. The summed E-state index contributed by atoms with van der Waals surface area (Å²) in [5, 5.41) is 0. The molecule has 0 fully saturated rings. The Morgan fingerprint density at radius 3 is 2.44 bits per heavy atom. The SMILES string of the molecule is COC(OCCON)[C@H](C)COP(=O)(O)O. The molecule has 0 aromatic rings. The van der Waals surface area contributed by atoms with Crippen LogP contribution in [-0.4, -0.2) is 43.0 Å². The highest BCUT2D eigenvalue weighted by Gasteiger charge is 2.22. The summed E-state index contributed by atoms with van der Waals surface area (Å²) in [6, 6.07) is 0. The van der Waals surface area contributed by atoms with Gasteiger partial charge in [0, 0.05) is 13.0 Å². The third-order valence-corrected chi connectivity index (χ3v) is 2.17. The van der Waals surface area contributed by atoms with Crippen LogP contribution in [0, 0.1) is 5.92 Å². The Kier molecular flexibility index (Phi) is 8.08. The van der Waals surface area contributed by atoms with Gasteiger partial charge in [-0.25, -0.2) is 10.5 Å². The van der Waals surface area contributed by atoms with Crippen LogP contribution >= 0.6 is 7.82 Å². The minimum atomic E-state index is -4.46. The molecule has 0 aliphatic rings. The quantitative estimate of drug-likeness (QED) is 0.221. The third-order valence-electron chi connectivity index (χ3n) is 1.69. The zero-order chi connectivity index (χ0) is 12.6. The topological polar surface area (TPSA) is 120 Å². The monoisotopic (exact) mass is 259 g/mol. The van der Waals surface area contributed by atoms with E-state index in [1.807, 2.05) is 0 Å². The molecule has 0 spiro atoms. The summed E-state index contributed by atoms with van der Waals surface area (Å²) in [6.07, 6.45) is -0.637. The predicted octanol–water partition coefficient (Wildman–Crippen LogP) is -0.389. The lowest BCUT2D eigenvalue weighted by atomic mass is 10.2. The van der Waals surface area contributed by atoms with E-state index in [4.69, 9.17) is 25.2 Å². The molecular formula is C7H18NO7P. The smallest absolute Gasteiger partial charge is 0.356 e. The first kappa shape index (κ1) is 16.0. The van der Waals surface area contributed by atoms with Crippen molar-refractivity contribution in [1.29, 1.82) is 0 Å². The molecule has 8 nitrogen and oxygen atoms in total. The fourth-order valence-electron chi connectivity index (χ4n) is 0.970. The Morgan fingerprint density at radius 2 is 2.00 bits per heavy atom. The number of hydrogen-bond donors (Lipinski definition) is 3. The molecule has 0 saturated carbocycles. The van der Waals surface area contributed by atoms with Gasteiger partial charge in [0.1, 0.15) is 0 Å². The van der Waals surface area contributed by atoms with Crippen LogP contribution in [0.15, 0.2) is 0 Å². The fraction of sp³-hybridized carbons (Fsp3) is 1.00. The second-order valence-corrected chi connectivity index (χ2v) is 4.35. The largest absolute Gasteiger partial charge is 0.469 e. The Bertz CT molecular complexity index is 221. The number of ether oxygens (including phenoxy) is 2. The first-order chi connectivity index (χ1) is 7.40. The number of phosphoric acid groups is 1. The van der Waals surface area contributed by atoms with Crippen molar-refractivity contribution in [2.45, 2.75) is 13.2 Å². The molecule has 4 N–H and O–H groups in total. The molecule has 0 heterocycles. The van der Waals surface area contributed by atoms with E-state index in [-0.39, 0.29) is 25.7 Å². The maximum atomic E-state index is 10.5. The summed E-state index contributed by atoms with van der Waals surface area (Å²) >= 11 is 0. The van der Waals surface area contributed by atoms with Gasteiger partial charge in [0.05, 0.1) is 19.8 Å². The van der Waals surface area contributed by atoms with Gasteiger partial charge >= 0.3 is 7.82 Å². The van der Waals surface area contributed by atoms with Gasteiger partial charge in [0.15, 0.2) is 6.29 Å². The Morgan fingerprint density at radius 1 is 1.38 bits per heavy atom. The van der Waals surface area contributed by atoms with Crippen LogP contribution in [0.3, 0.4) is 0 Å². The number of rotatable bonds is 9. The molecule has 0 amide bonds. The highest BCUT2D eigenvalue weighted by atomic mass is 31.2. The normalized spacial score (nSPS) is 16.1. The van der Waals surface area contributed by atoms with Gasteiger partial charge in [-0.2, -0.15) is 0 Å². The molecule has 9 heteroatoms. The molecule has 0 aliphatic heterocycles. The van der Waals surface area contributed by atoms with E-state index in [1.165, 1.54) is 7.11 Å². The van der Waals surface area contributed by atoms with Crippen molar-refractivity contribution in [1.82, 2.24) is 0 Å². The standard InChI is InChI=1S/C7H18NO7P/c1-6(5-15-16(9,10)11)7(12-2)13-3-4-14-8/h6-7H,3-5,8H2,1-2H3,(H2,9,10,11)/t6-,7?/m1/s1. The van der Waals surface area contributed by atoms with E-state index >= 15 is 0 Å². The molecule has 0 saturated heterocycles. The van der Waals surface area contributed by atoms with Crippen LogP contribution in [0.4, 0.5) is 0 Å². The number of nitrogens with two attached hydrogens (primary N) is 1. The zero-order valence-corrected chi connectivity index (χ0v) is 10.1. The fourth-order valence-corrected chi connectivity index (χ4v) is 1.40. The molecule has 2 atom stereocenters. The molecule has 0 aromatic carbocycles. The maximum Gasteiger partial charge on any atom is 0.469 e. The highest BCUT2D eigenvalue weighted by Crippen LogP contribution is 2.36. The van der Waals surface area contributed by atoms with Gasteiger partial charge in [-0.1, -0.05) is 6.92 Å².